The van der Waals surface area contributed by atoms with E-state index in [0.29, 0.717) is 5.92 Å². The molecule has 0 aromatic heterocycles. The first kappa shape index (κ1) is 18.8. The number of carbonyl (C=O) groups excluding carboxylic acids is 1. The summed E-state index contributed by atoms with van der Waals surface area (Å²) in [5.41, 5.74) is 3.10. The van der Waals surface area contributed by atoms with Crippen molar-refractivity contribution in [1.29, 1.82) is 0 Å². The molecular weight excluding hydrogens is 352 g/mol. The van der Waals surface area contributed by atoms with Crippen LogP contribution in [0.4, 0.5) is 5.69 Å². The summed E-state index contributed by atoms with van der Waals surface area (Å²) in [6, 6.07) is 13.8. The number of benzene rings is 2. The third-order valence-electron chi connectivity index (χ3n) is 5.74. The summed E-state index contributed by atoms with van der Waals surface area (Å²) in [6.07, 6.45) is 3.56. The van der Waals surface area contributed by atoms with E-state index in [9.17, 15) is 4.79 Å². The summed E-state index contributed by atoms with van der Waals surface area (Å²) in [5.74, 6) is 1.99. The molecule has 1 saturated heterocycles. The van der Waals surface area contributed by atoms with Crippen molar-refractivity contribution in [3.8, 4) is 11.5 Å². The van der Waals surface area contributed by atoms with E-state index in [4.69, 9.17) is 9.47 Å². The van der Waals surface area contributed by atoms with Gasteiger partial charge in [-0.25, -0.2) is 0 Å². The molecule has 1 unspecified atom stereocenters. The van der Waals surface area contributed by atoms with Crippen LogP contribution in [-0.2, 0) is 4.79 Å². The maximum Gasteiger partial charge on any atom is 0.287 e. The average Bonchev–Trinajstić information content (AvgIpc) is 3.17. The fraction of sp³-hybridized carbons (Fsp3) is 0.435. The van der Waals surface area contributed by atoms with E-state index in [-0.39, 0.29) is 18.7 Å². The minimum atomic E-state index is -0.250. The van der Waals surface area contributed by atoms with Crippen molar-refractivity contribution in [2.24, 2.45) is 0 Å². The fourth-order valence-corrected chi connectivity index (χ4v) is 4.13. The van der Waals surface area contributed by atoms with Crippen LogP contribution in [0.2, 0.25) is 0 Å². The quantitative estimate of drug-likeness (QED) is 0.836. The number of fused-ring (bicyclic) bond motifs is 1. The summed E-state index contributed by atoms with van der Waals surface area (Å²) in [7, 11) is 0. The van der Waals surface area contributed by atoms with E-state index in [0.717, 1.165) is 48.7 Å². The summed E-state index contributed by atoms with van der Waals surface area (Å²) in [5, 5.41) is 3.14. The molecule has 0 aliphatic carbocycles. The smallest absolute Gasteiger partial charge is 0.287 e. The lowest BCUT2D eigenvalue weighted by molar-refractivity contribution is -0.926. The first-order valence-electron chi connectivity index (χ1n) is 10.3. The molecule has 1 atom stereocenters. The number of quaternary nitrogens is 1. The van der Waals surface area contributed by atoms with Crippen LogP contribution in [0.25, 0.3) is 0 Å². The van der Waals surface area contributed by atoms with Crippen molar-refractivity contribution >= 4 is 11.6 Å². The Kier molecular flexibility index (Phi) is 5.53. The highest BCUT2D eigenvalue weighted by molar-refractivity contribution is 5.94. The Morgan fingerprint density at radius 2 is 1.61 bits per heavy atom. The zero-order chi connectivity index (χ0) is 19.5. The summed E-state index contributed by atoms with van der Waals surface area (Å²) >= 11 is 0. The fourth-order valence-electron chi connectivity index (χ4n) is 4.13. The van der Waals surface area contributed by atoms with Gasteiger partial charge in [0, 0.05) is 11.3 Å². The van der Waals surface area contributed by atoms with E-state index < -0.39 is 0 Å². The maximum atomic E-state index is 13.3. The van der Waals surface area contributed by atoms with E-state index in [2.05, 4.69) is 31.3 Å². The van der Waals surface area contributed by atoms with Crippen molar-refractivity contribution in [1.82, 2.24) is 0 Å². The highest BCUT2D eigenvalue weighted by Crippen LogP contribution is 2.34. The van der Waals surface area contributed by atoms with Gasteiger partial charge in [-0.3, -0.25) is 4.79 Å². The zero-order valence-corrected chi connectivity index (χ0v) is 16.7. The maximum absolute atomic E-state index is 13.3. The molecule has 0 bridgehead atoms. The first-order chi connectivity index (χ1) is 13.6. The van der Waals surface area contributed by atoms with Gasteiger partial charge in [-0.2, -0.15) is 0 Å². The molecule has 5 heteroatoms. The van der Waals surface area contributed by atoms with Gasteiger partial charge in [-0.15, -0.1) is 0 Å². The molecule has 5 nitrogen and oxygen atoms in total. The summed E-state index contributed by atoms with van der Waals surface area (Å²) < 4.78 is 11.0. The van der Waals surface area contributed by atoms with Crippen molar-refractivity contribution in [3.63, 3.8) is 0 Å². The Morgan fingerprint density at radius 3 is 2.32 bits per heavy atom. The molecule has 0 saturated carbocycles. The van der Waals surface area contributed by atoms with E-state index in [1.54, 1.807) is 0 Å². The normalized spacial score (nSPS) is 17.5. The largest absolute Gasteiger partial charge is 0.454 e. The molecule has 2 heterocycles. The van der Waals surface area contributed by atoms with Crippen molar-refractivity contribution in [2.75, 3.05) is 25.2 Å². The molecule has 1 amide bonds. The number of nitrogens with one attached hydrogen (secondary N) is 2. The molecule has 2 aliphatic heterocycles. The lowest BCUT2D eigenvalue weighted by Gasteiger charge is -2.31. The SMILES string of the molecule is CC(C)c1ccc(NC(=O)C(c2ccc3c(c2)OCO3)[NH+]2CCCCC2)cc1. The lowest BCUT2D eigenvalue weighted by atomic mass is 10.00. The Bertz CT molecular complexity index is 826. The molecule has 2 aromatic carbocycles. The molecule has 0 radical (unpaired) electrons. The number of likely N-dealkylation sites (tertiary alicyclic amines) is 1. The van der Waals surface area contributed by atoms with E-state index >= 15 is 0 Å². The van der Waals surface area contributed by atoms with Gasteiger partial charge >= 0.3 is 0 Å². The number of hydrogen-bond acceptors (Lipinski definition) is 3. The predicted octanol–water partition coefficient (Wildman–Crippen LogP) is 3.29. The van der Waals surface area contributed by atoms with Crippen LogP contribution in [0, 0.1) is 0 Å². The molecule has 2 aliphatic rings. The molecule has 1 fully saturated rings. The van der Waals surface area contributed by atoms with Gasteiger partial charge in [0.05, 0.1) is 13.1 Å². The second kappa shape index (κ2) is 8.23. The van der Waals surface area contributed by atoms with Crippen LogP contribution < -0.4 is 19.7 Å². The zero-order valence-electron chi connectivity index (χ0n) is 16.7. The Labute approximate surface area is 166 Å². The van der Waals surface area contributed by atoms with Crippen LogP contribution >= 0.6 is 0 Å². The summed E-state index contributed by atoms with van der Waals surface area (Å²) in [6.45, 7) is 6.61. The Balaban J connectivity index is 1.58. The van der Waals surface area contributed by atoms with E-state index in [1.165, 1.54) is 16.9 Å². The van der Waals surface area contributed by atoms with Crippen LogP contribution in [0.1, 0.15) is 56.2 Å². The number of carbonyl (C=O) groups is 1. The van der Waals surface area contributed by atoms with Crippen LogP contribution in [-0.4, -0.2) is 25.8 Å². The molecule has 148 valence electrons. The Morgan fingerprint density at radius 1 is 0.929 bits per heavy atom. The lowest BCUT2D eigenvalue weighted by Crippen LogP contribution is -3.14. The number of piperidine rings is 1. The van der Waals surface area contributed by atoms with Gasteiger partial charge in [0.25, 0.3) is 5.91 Å². The summed E-state index contributed by atoms with van der Waals surface area (Å²) in [4.78, 5) is 14.6. The monoisotopic (exact) mass is 381 g/mol. The highest BCUT2D eigenvalue weighted by Gasteiger charge is 2.34. The second-order valence-electron chi connectivity index (χ2n) is 8.03. The van der Waals surface area contributed by atoms with Crippen LogP contribution in [0.15, 0.2) is 42.5 Å². The molecular formula is C23H29N2O3+. The van der Waals surface area contributed by atoms with Crippen LogP contribution in [0.5, 0.6) is 11.5 Å². The predicted molar refractivity (Wildman–Crippen MR) is 109 cm³/mol. The minimum absolute atomic E-state index is 0.0352. The standard InChI is InChI=1S/C23H28N2O3/c1-16(2)17-6-9-19(10-7-17)24-23(26)22(25-12-4-3-5-13-25)18-8-11-20-21(14-18)28-15-27-20/h6-11,14,16,22H,3-5,12-13,15H2,1-2H3,(H,24,26)/p+1. The minimum Gasteiger partial charge on any atom is -0.454 e. The number of rotatable bonds is 5. The topological polar surface area (TPSA) is 52.0 Å². The van der Waals surface area contributed by atoms with Crippen LogP contribution in [0.3, 0.4) is 0 Å². The van der Waals surface area contributed by atoms with E-state index in [1.807, 2.05) is 30.3 Å². The molecule has 0 spiro atoms. The van der Waals surface area contributed by atoms with Gasteiger partial charge in [-0.1, -0.05) is 26.0 Å². The second-order valence-corrected chi connectivity index (χ2v) is 8.03. The number of amides is 1. The molecule has 28 heavy (non-hydrogen) atoms. The number of anilines is 1. The van der Waals surface area contributed by atoms with Gasteiger partial charge < -0.3 is 19.7 Å². The molecule has 4 rings (SSSR count). The van der Waals surface area contributed by atoms with Gasteiger partial charge in [0.15, 0.2) is 17.5 Å². The number of ether oxygens (including phenoxy) is 2. The van der Waals surface area contributed by atoms with Gasteiger partial charge in [0.2, 0.25) is 6.79 Å². The number of hydrogen-bond donors (Lipinski definition) is 2. The molecule has 2 aromatic rings. The van der Waals surface area contributed by atoms with Gasteiger partial charge in [-0.05, 0) is 61.1 Å². The highest BCUT2D eigenvalue weighted by atomic mass is 16.7. The van der Waals surface area contributed by atoms with Crippen molar-refractivity contribution in [2.45, 2.75) is 45.1 Å². The third-order valence-corrected chi connectivity index (χ3v) is 5.74. The first-order valence-corrected chi connectivity index (χ1v) is 10.3. The van der Waals surface area contributed by atoms with Crippen molar-refractivity contribution < 1.29 is 19.2 Å². The molecule has 2 N–H and O–H groups in total. The Hall–Kier alpha value is -2.53. The average molecular weight is 381 g/mol. The van der Waals surface area contributed by atoms with Gasteiger partial charge in [0.1, 0.15) is 0 Å². The third kappa shape index (κ3) is 3.99. The van der Waals surface area contributed by atoms with Crippen molar-refractivity contribution in [3.05, 3.63) is 53.6 Å².